The van der Waals surface area contributed by atoms with Gasteiger partial charge in [0.05, 0.1) is 17.0 Å². The maximum absolute atomic E-state index is 5.71. The molecule has 120 valence electrons. The fraction of sp³-hybridized carbons (Fsp3) is 0.389. The first-order chi connectivity index (χ1) is 11.4. The van der Waals surface area contributed by atoms with Gasteiger partial charge in [-0.3, -0.25) is 4.90 Å². The summed E-state index contributed by atoms with van der Waals surface area (Å²) in [5.74, 6) is 2.03. The molecule has 1 aliphatic rings. The molecule has 0 amide bonds. The SMILES string of the molecule is c1coc([C@H](CNc2nsc3ccccc23)N2CCCCC2)c1. The van der Waals surface area contributed by atoms with Crippen molar-refractivity contribution in [2.45, 2.75) is 25.3 Å². The second kappa shape index (κ2) is 6.72. The largest absolute Gasteiger partial charge is 0.468 e. The van der Waals surface area contributed by atoms with Crippen molar-refractivity contribution in [3.63, 3.8) is 0 Å². The van der Waals surface area contributed by atoms with Crippen LogP contribution in [0.3, 0.4) is 0 Å². The predicted octanol–water partition coefficient (Wildman–Crippen LogP) is 4.53. The number of nitrogens with zero attached hydrogens (tertiary/aromatic N) is 2. The molecule has 2 aromatic heterocycles. The number of fused-ring (bicyclic) bond motifs is 1. The van der Waals surface area contributed by atoms with Crippen LogP contribution < -0.4 is 5.32 Å². The Morgan fingerprint density at radius 3 is 2.83 bits per heavy atom. The van der Waals surface area contributed by atoms with Gasteiger partial charge in [-0.1, -0.05) is 18.6 Å². The van der Waals surface area contributed by atoms with Crippen molar-refractivity contribution < 1.29 is 4.42 Å². The van der Waals surface area contributed by atoms with Crippen LogP contribution in [0.1, 0.15) is 31.1 Å². The molecule has 1 fully saturated rings. The topological polar surface area (TPSA) is 41.3 Å². The van der Waals surface area contributed by atoms with E-state index >= 15 is 0 Å². The molecule has 23 heavy (non-hydrogen) atoms. The average molecular weight is 327 g/mol. The maximum Gasteiger partial charge on any atom is 0.147 e. The first kappa shape index (κ1) is 14.7. The van der Waals surface area contributed by atoms with Gasteiger partial charge in [-0.25, -0.2) is 0 Å². The van der Waals surface area contributed by atoms with Gasteiger partial charge in [0.15, 0.2) is 0 Å². The van der Waals surface area contributed by atoms with Gasteiger partial charge in [-0.2, -0.15) is 4.37 Å². The summed E-state index contributed by atoms with van der Waals surface area (Å²) in [6.07, 6.45) is 5.66. The van der Waals surface area contributed by atoms with Crippen LogP contribution in [0.4, 0.5) is 5.82 Å². The van der Waals surface area contributed by atoms with Gasteiger partial charge >= 0.3 is 0 Å². The molecule has 0 aliphatic carbocycles. The summed E-state index contributed by atoms with van der Waals surface area (Å²) in [7, 11) is 0. The van der Waals surface area contributed by atoms with Crippen molar-refractivity contribution in [2.24, 2.45) is 0 Å². The van der Waals surface area contributed by atoms with Crippen LogP contribution in [0.5, 0.6) is 0 Å². The fourth-order valence-corrected chi connectivity index (χ4v) is 4.08. The van der Waals surface area contributed by atoms with E-state index in [0.717, 1.165) is 31.2 Å². The Balaban J connectivity index is 1.53. The molecule has 0 unspecified atom stereocenters. The molecular weight excluding hydrogens is 306 g/mol. The number of rotatable bonds is 5. The lowest BCUT2D eigenvalue weighted by molar-refractivity contribution is 0.153. The average Bonchev–Trinajstić information content (AvgIpc) is 3.26. The van der Waals surface area contributed by atoms with Gasteiger partial charge in [-0.05, 0) is 61.7 Å². The number of nitrogens with one attached hydrogen (secondary N) is 1. The van der Waals surface area contributed by atoms with E-state index in [2.05, 4.69) is 44.9 Å². The summed E-state index contributed by atoms with van der Waals surface area (Å²) >= 11 is 1.55. The minimum absolute atomic E-state index is 0.269. The molecule has 1 saturated heterocycles. The number of anilines is 1. The lowest BCUT2D eigenvalue weighted by Gasteiger charge is -2.33. The molecule has 0 saturated carbocycles. The van der Waals surface area contributed by atoms with Gasteiger partial charge in [0.1, 0.15) is 11.6 Å². The van der Waals surface area contributed by atoms with Crippen LogP contribution in [0.25, 0.3) is 10.1 Å². The number of piperidine rings is 1. The van der Waals surface area contributed by atoms with Crippen molar-refractivity contribution in [3.8, 4) is 0 Å². The molecule has 0 radical (unpaired) electrons. The quantitative estimate of drug-likeness (QED) is 0.747. The van der Waals surface area contributed by atoms with Crippen LogP contribution >= 0.6 is 11.5 Å². The van der Waals surface area contributed by atoms with E-state index in [1.165, 1.54) is 29.3 Å². The Labute approximate surface area is 140 Å². The molecule has 4 nitrogen and oxygen atoms in total. The summed E-state index contributed by atoms with van der Waals surface area (Å²) in [4.78, 5) is 2.53. The lowest BCUT2D eigenvalue weighted by atomic mass is 10.1. The Hall–Kier alpha value is -1.85. The van der Waals surface area contributed by atoms with Crippen molar-refractivity contribution in [3.05, 3.63) is 48.4 Å². The maximum atomic E-state index is 5.71. The smallest absolute Gasteiger partial charge is 0.147 e. The van der Waals surface area contributed by atoms with Gasteiger partial charge in [-0.15, -0.1) is 0 Å². The van der Waals surface area contributed by atoms with Gasteiger partial charge in [0.25, 0.3) is 0 Å². The summed E-state index contributed by atoms with van der Waals surface area (Å²) in [5, 5.41) is 4.75. The Kier molecular flexibility index (Phi) is 4.30. The summed E-state index contributed by atoms with van der Waals surface area (Å²) in [5.41, 5.74) is 0. The molecule has 1 aromatic carbocycles. The molecule has 1 N–H and O–H groups in total. The number of aromatic nitrogens is 1. The van der Waals surface area contributed by atoms with Crippen LogP contribution in [-0.2, 0) is 0 Å². The van der Waals surface area contributed by atoms with Gasteiger partial charge in [0, 0.05) is 11.9 Å². The lowest BCUT2D eigenvalue weighted by Crippen LogP contribution is -2.37. The highest BCUT2D eigenvalue weighted by Gasteiger charge is 2.24. The number of hydrogen-bond acceptors (Lipinski definition) is 5. The predicted molar refractivity (Wildman–Crippen MR) is 95.0 cm³/mol. The fourth-order valence-electron chi connectivity index (χ4n) is 3.33. The van der Waals surface area contributed by atoms with Gasteiger partial charge < -0.3 is 9.73 Å². The number of hydrogen-bond donors (Lipinski definition) is 1. The van der Waals surface area contributed by atoms with Crippen molar-refractivity contribution in [1.29, 1.82) is 0 Å². The molecule has 3 aromatic rings. The number of furan rings is 1. The first-order valence-corrected chi connectivity index (χ1v) is 9.05. The van der Waals surface area contributed by atoms with Gasteiger partial charge in [0.2, 0.25) is 0 Å². The third-order valence-corrected chi connectivity index (χ3v) is 5.37. The highest BCUT2D eigenvalue weighted by molar-refractivity contribution is 7.13. The normalized spacial score (nSPS) is 17.4. The molecule has 1 atom stereocenters. The minimum atomic E-state index is 0.269. The molecule has 0 spiro atoms. The molecule has 4 rings (SSSR count). The first-order valence-electron chi connectivity index (χ1n) is 8.27. The Morgan fingerprint density at radius 2 is 2.00 bits per heavy atom. The Bertz CT molecular complexity index is 747. The van der Waals surface area contributed by atoms with Crippen molar-refractivity contribution >= 4 is 27.4 Å². The van der Waals surface area contributed by atoms with Crippen LogP contribution in [0, 0.1) is 0 Å². The molecule has 3 heterocycles. The van der Waals surface area contributed by atoms with E-state index in [9.17, 15) is 0 Å². The zero-order chi connectivity index (χ0) is 15.5. The van der Waals surface area contributed by atoms with E-state index in [-0.39, 0.29) is 6.04 Å². The molecule has 1 aliphatic heterocycles. The zero-order valence-corrected chi connectivity index (χ0v) is 13.9. The summed E-state index contributed by atoms with van der Waals surface area (Å²) in [6, 6.07) is 12.7. The Morgan fingerprint density at radius 1 is 1.13 bits per heavy atom. The van der Waals surface area contributed by atoms with Crippen molar-refractivity contribution in [1.82, 2.24) is 9.27 Å². The minimum Gasteiger partial charge on any atom is -0.468 e. The number of benzene rings is 1. The van der Waals surface area contributed by atoms with E-state index in [0.29, 0.717) is 0 Å². The van der Waals surface area contributed by atoms with Crippen LogP contribution in [0.2, 0.25) is 0 Å². The molecule has 5 heteroatoms. The van der Waals surface area contributed by atoms with E-state index in [1.54, 1.807) is 17.8 Å². The third-order valence-electron chi connectivity index (χ3n) is 4.54. The highest BCUT2D eigenvalue weighted by atomic mass is 32.1. The highest BCUT2D eigenvalue weighted by Crippen LogP contribution is 2.29. The standard InChI is InChI=1S/C18H21N3OS/c1-4-10-21(11-5-1)15(16-8-6-12-22-16)13-19-18-14-7-2-3-9-17(14)23-20-18/h2-3,6-9,12,15H,1,4-5,10-11,13H2,(H,19,20)/t15-/m0/s1. The summed E-state index contributed by atoms with van der Waals surface area (Å²) < 4.78 is 11.5. The zero-order valence-electron chi connectivity index (χ0n) is 13.1. The van der Waals surface area contributed by atoms with E-state index in [4.69, 9.17) is 4.42 Å². The molecule has 0 bridgehead atoms. The second-order valence-electron chi connectivity index (χ2n) is 6.04. The molecular formula is C18H21N3OS. The summed E-state index contributed by atoms with van der Waals surface area (Å²) in [6.45, 7) is 3.11. The second-order valence-corrected chi connectivity index (χ2v) is 6.84. The van der Waals surface area contributed by atoms with E-state index < -0.39 is 0 Å². The third kappa shape index (κ3) is 3.12. The van der Waals surface area contributed by atoms with Crippen LogP contribution in [-0.4, -0.2) is 28.9 Å². The van der Waals surface area contributed by atoms with Crippen LogP contribution in [0.15, 0.2) is 47.1 Å². The monoisotopic (exact) mass is 327 g/mol. The number of likely N-dealkylation sites (tertiary alicyclic amines) is 1. The van der Waals surface area contributed by atoms with Crippen molar-refractivity contribution in [2.75, 3.05) is 25.0 Å². The van der Waals surface area contributed by atoms with E-state index in [1.807, 2.05) is 6.07 Å².